The normalized spacial score (nSPS) is 15.4. The Hall–Kier alpha value is -2.86. The third-order valence-electron chi connectivity index (χ3n) is 5.74. The predicted molar refractivity (Wildman–Crippen MR) is 118 cm³/mol. The van der Waals surface area contributed by atoms with Gasteiger partial charge in [-0.15, -0.1) is 0 Å². The average molecular weight is 408 g/mol. The topological polar surface area (TPSA) is 70.7 Å². The first-order valence-electron chi connectivity index (χ1n) is 10.7. The maximum atomic E-state index is 13.0. The first-order chi connectivity index (χ1) is 14.7. The van der Waals surface area contributed by atoms with Crippen molar-refractivity contribution in [3.05, 3.63) is 59.2 Å². The van der Waals surface area contributed by atoms with Crippen molar-refractivity contribution in [2.24, 2.45) is 5.92 Å². The van der Waals surface area contributed by atoms with Crippen molar-refractivity contribution in [2.45, 2.75) is 32.2 Å². The molecular formula is C24H29N3O3. The summed E-state index contributed by atoms with van der Waals surface area (Å²) in [7, 11) is 1.65. The highest BCUT2D eigenvalue weighted by molar-refractivity contribution is 6.02. The zero-order valence-corrected chi connectivity index (χ0v) is 17.4. The molecule has 2 amide bonds. The van der Waals surface area contributed by atoms with E-state index >= 15 is 0 Å². The van der Waals surface area contributed by atoms with E-state index in [0.29, 0.717) is 24.4 Å². The van der Waals surface area contributed by atoms with Gasteiger partial charge in [0.15, 0.2) is 0 Å². The number of rotatable bonds is 8. The smallest absolute Gasteiger partial charge is 0.253 e. The molecule has 1 aliphatic carbocycles. The fourth-order valence-electron chi connectivity index (χ4n) is 3.88. The van der Waals surface area contributed by atoms with Crippen LogP contribution >= 0.6 is 0 Å². The summed E-state index contributed by atoms with van der Waals surface area (Å²) in [6.45, 7) is 2.78. The van der Waals surface area contributed by atoms with Gasteiger partial charge in [-0.05, 0) is 55.0 Å². The van der Waals surface area contributed by atoms with Gasteiger partial charge in [0.2, 0.25) is 5.91 Å². The number of ether oxygens (including phenoxy) is 1. The molecule has 0 bridgehead atoms. The molecule has 0 spiro atoms. The second kappa shape index (κ2) is 9.30. The van der Waals surface area contributed by atoms with Crippen LogP contribution in [-0.4, -0.2) is 38.6 Å². The molecule has 1 saturated carbocycles. The van der Waals surface area contributed by atoms with Crippen LogP contribution in [0.4, 0.5) is 11.4 Å². The van der Waals surface area contributed by atoms with E-state index < -0.39 is 0 Å². The van der Waals surface area contributed by atoms with Crippen LogP contribution in [0, 0.1) is 5.92 Å². The summed E-state index contributed by atoms with van der Waals surface area (Å²) < 4.78 is 5.07. The Morgan fingerprint density at radius 1 is 1.13 bits per heavy atom. The van der Waals surface area contributed by atoms with E-state index in [1.54, 1.807) is 7.11 Å². The zero-order chi connectivity index (χ0) is 20.9. The van der Waals surface area contributed by atoms with Gasteiger partial charge in [-0.25, -0.2) is 0 Å². The van der Waals surface area contributed by atoms with Gasteiger partial charge < -0.3 is 20.3 Å². The van der Waals surface area contributed by atoms with Crippen molar-refractivity contribution in [1.82, 2.24) is 5.32 Å². The van der Waals surface area contributed by atoms with Gasteiger partial charge >= 0.3 is 0 Å². The highest BCUT2D eigenvalue weighted by Gasteiger charge is 2.30. The molecule has 30 heavy (non-hydrogen) atoms. The van der Waals surface area contributed by atoms with E-state index in [-0.39, 0.29) is 17.7 Å². The van der Waals surface area contributed by atoms with E-state index in [1.165, 1.54) is 11.1 Å². The van der Waals surface area contributed by atoms with Crippen LogP contribution in [0.3, 0.4) is 0 Å². The summed E-state index contributed by atoms with van der Waals surface area (Å²) in [4.78, 5) is 27.4. The van der Waals surface area contributed by atoms with Gasteiger partial charge in [-0.3, -0.25) is 9.59 Å². The minimum Gasteiger partial charge on any atom is -0.385 e. The number of hydrogen-bond donors (Lipinski definition) is 2. The highest BCUT2D eigenvalue weighted by atomic mass is 16.5. The van der Waals surface area contributed by atoms with Crippen molar-refractivity contribution in [2.75, 3.05) is 37.0 Å². The minimum atomic E-state index is -0.123. The second-order valence-electron chi connectivity index (χ2n) is 8.04. The largest absolute Gasteiger partial charge is 0.385 e. The van der Waals surface area contributed by atoms with Crippen molar-refractivity contribution in [1.29, 1.82) is 0 Å². The quantitative estimate of drug-likeness (QED) is 0.659. The van der Waals surface area contributed by atoms with Crippen molar-refractivity contribution >= 4 is 23.2 Å². The number of anilines is 2. The van der Waals surface area contributed by atoms with E-state index in [2.05, 4.69) is 39.8 Å². The van der Waals surface area contributed by atoms with E-state index in [9.17, 15) is 9.59 Å². The van der Waals surface area contributed by atoms with E-state index in [0.717, 1.165) is 44.5 Å². The molecule has 0 aromatic heterocycles. The van der Waals surface area contributed by atoms with Crippen LogP contribution in [0.2, 0.25) is 0 Å². The molecule has 1 heterocycles. The molecule has 4 rings (SSSR count). The van der Waals surface area contributed by atoms with Crippen LogP contribution in [-0.2, 0) is 22.5 Å². The summed E-state index contributed by atoms with van der Waals surface area (Å²) in [5.41, 5.74) is 4.84. The summed E-state index contributed by atoms with van der Waals surface area (Å²) in [5.74, 6) is 0.0400. The van der Waals surface area contributed by atoms with Gasteiger partial charge in [0.25, 0.3) is 5.91 Å². The maximum absolute atomic E-state index is 13.0. The molecule has 2 N–H and O–H groups in total. The zero-order valence-electron chi connectivity index (χ0n) is 17.4. The minimum absolute atomic E-state index is 0.0427. The fourth-order valence-corrected chi connectivity index (χ4v) is 3.88. The summed E-state index contributed by atoms with van der Waals surface area (Å²) in [6.07, 6.45) is 3.60. The van der Waals surface area contributed by atoms with Crippen molar-refractivity contribution in [3.63, 3.8) is 0 Å². The number of nitrogens with one attached hydrogen (secondary N) is 2. The Bertz CT molecular complexity index is 924. The standard InChI is InChI=1S/C24H29N3O3/c1-30-14-4-12-25-24(29)21-15-20(26-23(28)18-7-8-18)9-10-22(21)27-13-11-17-5-2-3-6-19(17)16-27/h2-3,5-6,9-10,15,18H,4,7-8,11-14,16H2,1H3,(H,25,29)(H,26,28). The predicted octanol–water partition coefficient (Wildman–Crippen LogP) is 3.36. The number of carbonyl (C=O) groups is 2. The summed E-state index contributed by atoms with van der Waals surface area (Å²) in [5, 5.41) is 5.95. The second-order valence-corrected chi connectivity index (χ2v) is 8.04. The van der Waals surface area contributed by atoms with Gasteiger partial charge in [-0.1, -0.05) is 24.3 Å². The van der Waals surface area contributed by atoms with E-state index in [4.69, 9.17) is 4.74 Å². The molecule has 1 aliphatic heterocycles. The van der Waals surface area contributed by atoms with Gasteiger partial charge in [0.05, 0.1) is 5.56 Å². The Kier molecular flexibility index (Phi) is 6.33. The summed E-state index contributed by atoms with van der Waals surface area (Å²) >= 11 is 0. The molecule has 6 nitrogen and oxygen atoms in total. The Morgan fingerprint density at radius 3 is 2.70 bits per heavy atom. The van der Waals surface area contributed by atoms with Gasteiger partial charge in [-0.2, -0.15) is 0 Å². The third kappa shape index (κ3) is 4.82. The van der Waals surface area contributed by atoms with Crippen LogP contribution < -0.4 is 15.5 Å². The Labute approximate surface area is 177 Å². The van der Waals surface area contributed by atoms with Gasteiger partial charge in [0, 0.05) is 50.6 Å². The number of carbonyl (C=O) groups excluding carboxylic acids is 2. The number of fused-ring (bicyclic) bond motifs is 1. The highest BCUT2D eigenvalue weighted by Crippen LogP contribution is 2.32. The monoisotopic (exact) mass is 407 g/mol. The van der Waals surface area contributed by atoms with Gasteiger partial charge in [0.1, 0.15) is 0 Å². The Balaban J connectivity index is 1.56. The molecule has 0 atom stereocenters. The van der Waals surface area contributed by atoms with Crippen LogP contribution in [0.1, 0.15) is 40.7 Å². The lowest BCUT2D eigenvalue weighted by atomic mass is 9.98. The number of amides is 2. The SMILES string of the molecule is COCCCNC(=O)c1cc(NC(=O)C2CC2)ccc1N1CCc2ccccc2C1. The van der Waals surface area contributed by atoms with Crippen LogP contribution in [0.25, 0.3) is 0 Å². The molecule has 0 unspecified atom stereocenters. The van der Waals surface area contributed by atoms with Crippen molar-refractivity contribution in [3.8, 4) is 0 Å². The lowest BCUT2D eigenvalue weighted by molar-refractivity contribution is -0.117. The molecule has 2 aromatic rings. The number of methoxy groups -OCH3 is 1. The molecule has 158 valence electrons. The molecule has 0 radical (unpaired) electrons. The molecule has 0 saturated heterocycles. The van der Waals surface area contributed by atoms with Crippen molar-refractivity contribution < 1.29 is 14.3 Å². The first-order valence-corrected chi connectivity index (χ1v) is 10.7. The molecule has 6 heteroatoms. The lowest BCUT2D eigenvalue weighted by Crippen LogP contribution is -2.33. The maximum Gasteiger partial charge on any atom is 0.253 e. The number of hydrogen-bond acceptors (Lipinski definition) is 4. The lowest BCUT2D eigenvalue weighted by Gasteiger charge is -2.32. The van der Waals surface area contributed by atoms with Crippen LogP contribution in [0.15, 0.2) is 42.5 Å². The molecule has 2 aromatic carbocycles. The Morgan fingerprint density at radius 2 is 1.93 bits per heavy atom. The molecule has 2 aliphatic rings. The molecule has 1 fully saturated rings. The average Bonchev–Trinajstić information content (AvgIpc) is 3.62. The fraction of sp³-hybridized carbons (Fsp3) is 0.417. The number of nitrogens with zero attached hydrogens (tertiary/aromatic N) is 1. The first kappa shape index (κ1) is 20.4. The van der Waals surface area contributed by atoms with E-state index in [1.807, 2.05) is 18.2 Å². The third-order valence-corrected chi connectivity index (χ3v) is 5.74. The number of benzene rings is 2. The molecular weight excluding hydrogens is 378 g/mol. The summed E-state index contributed by atoms with van der Waals surface area (Å²) in [6, 6.07) is 14.1. The van der Waals surface area contributed by atoms with Crippen LogP contribution in [0.5, 0.6) is 0 Å².